The number of fused-ring (bicyclic) bond motifs is 5. The zero-order valence-corrected chi connectivity index (χ0v) is 19.2. The van der Waals surface area contributed by atoms with Crippen molar-refractivity contribution in [2.45, 2.75) is 105 Å². The van der Waals surface area contributed by atoms with Crippen LogP contribution in [0, 0.1) is 46.3 Å². The molecule has 1 unspecified atom stereocenters. The number of carbonyl (C=O) groups excluding carboxylic acids is 1. The zero-order valence-electron chi connectivity index (χ0n) is 19.2. The molecule has 4 aliphatic rings. The number of ketones is 1. The van der Waals surface area contributed by atoms with Crippen molar-refractivity contribution in [2.75, 3.05) is 0 Å². The molecule has 3 fully saturated rings. The molecule has 4 aliphatic carbocycles. The van der Waals surface area contributed by atoms with Crippen LogP contribution in [-0.2, 0) is 4.79 Å². The van der Waals surface area contributed by atoms with E-state index in [-0.39, 0.29) is 11.3 Å². The van der Waals surface area contributed by atoms with E-state index in [1.54, 1.807) is 5.57 Å². The van der Waals surface area contributed by atoms with Crippen LogP contribution in [0.2, 0.25) is 0 Å². The third kappa shape index (κ3) is 3.24. The van der Waals surface area contributed by atoms with E-state index in [0.29, 0.717) is 29.0 Å². The predicted octanol–water partition coefficient (Wildman–Crippen LogP) is 7.60. The lowest BCUT2D eigenvalue weighted by Crippen LogP contribution is -2.49. The summed E-state index contributed by atoms with van der Waals surface area (Å²) >= 11 is 0. The normalized spacial score (nSPS) is 43.9. The smallest absolute Gasteiger partial charge is 0.140 e. The summed E-state index contributed by atoms with van der Waals surface area (Å²) in [6.45, 7) is 12.2. The molecular formula is C27H44O. The minimum absolute atomic E-state index is 0.231. The molecule has 0 radical (unpaired) electrons. The Balaban J connectivity index is 1.56. The highest BCUT2D eigenvalue weighted by Crippen LogP contribution is 2.66. The third-order valence-electron chi connectivity index (χ3n) is 9.97. The highest BCUT2D eigenvalue weighted by molar-refractivity contribution is 5.88. The Kier molecular flexibility index (Phi) is 5.60. The summed E-state index contributed by atoms with van der Waals surface area (Å²) in [5.41, 5.74) is 2.32. The van der Waals surface area contributed by atoms with Gasteiger partial charge in [0.05, 0.1) is 0 Å². The summed E-state index contributed by atoms with van der Waals surface area (Å²) < 4.78 is 0. The number of hydrogen-bond acceptors (Lipinski definition) is 1. The molecule has 0 spiro atoms. The van der Waals surface area contributed by atoms with Crippen LogP contribution in [0.4, 0.5) is 0 Å². The second kappa shape index (κ2) is 7.59. The van der Waals surface area contributed by atoms with Gasteiger partial charge in [-0.2, -0.15) is 0 Å². The molecule has 0 N–H and O–H groups in total. The highest BCUT2D eigenvalue weighted by atomic mass is 16.1. The quantitative estimate of drug-likeness (QED) is 0.446. The third-order valence-corrected chi connectivity index (χ3v) is 9.97. The van der Waals surface area contributed by atoms with Crippen LogP contribution in [0.5, 0.6) is 0 Å². The fourth-order valence-electron chi connectivity index (χ4n) is 8.29. The van der Waals surface area contributed by atoms with Gasteiger partial charge in [0.2, 0.25) is 0 Å². The van der Waals surface area contributed by atoms with Gasteiger partial charge < -0.3 is 0 Å². The Labute approximate surface area is 174 Å². The van der Waals surface area contributed by atoms with Crippen molar-refractivity contribution in [1.82, 2.24) is 0 Å². The molecule has 158 valence electrons. The fraction of sp³-hybridized carbons (Fsp3) is 0.889. The molecule has 0 bridgehead atoms. The van der Waals surface area contributed by atoms with Crippen molar-refractivity contribution in [2.24, 2.45) is 46.3 Å². The van der Waals surface area contributed by atoms with Gasteiger partial charge in [-0.1, -0.05) is 78.4 Å². The van der Waals surface area contributed by atoms with E-state index in [4.69, 9.17) is 0 Å². The molecule has 0 heterocycles. The maximum absolute atomic E-state index is 13.4. The number of carbonyl (C=O) groups is 1. The van der Waals surface area contributed by atoms with Gasteiger partial charge in [0, 0.05) is 12.3 Å². The summed E-state index contributed by atoms with van der Waals surface area (Å²) in [5, 5.41) is 0. The molecule has 1 heteroatoms. The van der Waals surface area contributed by atoms with Gasteiger partial charge in [-0.05, 0) is 72.5 Å². The molecule has 0 aromatic rings. The van der Waals surface area contributed by atoms with Crippen molar-refractivity contribution in [3.63, 3.8) is 0 Å². The Hall–Kier alpha value is -0.590. The molecule has 3 saturated carbocycles. The summed E-state index contributed by atoms with van der Waals surface area (Å²) in [7, 11) is 0. The van der Waals surface area contributed by atoms with Crippen molar-refractivity contribution in [3.8, 4) is 0 Å². The standard InChI is InChI=1S/C27H44O/c1-18(2)9-8-10-19(3)23-17-24(28)25-21-13-12-20-11-6-7-15-26(20,4)22(21)14-16-27(23,25)5/h13,18-20,22-23,25H,6-12,14-17H2,1-5H3/t19-,20?,22+,23-,25+,26+,27-/m1/s1. The van der Waals surface area contributed by atoms with Crippen LogP contribution in [0.25, 0.3) is 0 Å². The molecule has 0 aromatic heterocycles. The summed E-state index contributed by atoms with van der Waals surface area (Å²) in [6, 6.07) is 0. The molecule has 7 atom stereocenters. The Morgan fingerprint density at radius 1 is 1.04 bits per heavy atom. The zero-order chi connectivity index (χ0) is 20.1. The van der Waals surface area contributed by atoms with E-state index in [0.717, 1.165) is 18.3 Å². The fourth-order valence-corrected chi connectivity index (χ4v) is 8.29. The average molecular weight is 385 g/mol. The van der Waals surface area contributed by atoms with Crippen LogP contribution < -0.4 is 0 Å². The van der Waals surface area contributed by atoms with Gasteiger partial charge in [-0.3, -0.25) is 4.79 Å². The summed E-state index contributed by atoms with van der Waals surface area (Å²) in [5.74, 6) is 4.52. The predicted molar refractivity (Wildman–Crippen MR) is 118 cm³/mol. The molecule has 4 rings (SSSR count). The first-order valence-corrected chi connectivity index (χ1v) is 12.5. The molecular weight excluding hydrogens is 340 g/mol. The van der Waals surface area contributed by atoms with E-state index in [2.05, 4.69) is 40.7 Å². The van der Waals surface area contributed by atoms with E-state index in [1.165, 1.54) is 64.2 Å². The molecule has 0 aliphatic heterocycles. The van der Waals surface area contributed by atoms with Gasteiger partial charge in [0.1, 0.15) is 5.78 Å². The van der Waals surface area contributed by atoms with Crippen molar-refractivity contribution in [1.29, 1.82) is 0 Å². The Morgan fingerprint density at radius 3 is 2.57 bits per heavy atom. The lowest BCUT2D eigenvalue weighted by molar-refractivity contribution is -0.122. The van der Waals surface area contributed by atoms with Crippen molar-refractivity contribution < 1.29 is 4.79 Å². The lowest BCUT2D eigenvalue weighted by atomic mass is 9.47. The first kappa shape index (κ1) is 20.7. The van der Waals surface area contributed by atoms with E-state index in [1.807, 2.05) is 0 Å². The summed E-state index contributed by atoms with van der Waals surface area (Å²) in [4.78, 5) is 13.4. The Bertz CT molecular complexity index is 630. The van der Waals surface area contributed by atoms with Crippen LogP contribution in [0.3, 0.4) is 0 Å². The first-order chi connectivity index (χ1) is 13.3. The molecule has 0 aromatic carbocycles. The number of Topliss-reactive ketones (excluding diaryl/α,β-unsaturated/α-hetero) is 1. The maximum Gasteiger partial charge on any atom is 0.140 e. The van der Waals surface area contributed by atoms with Gasteiger partial charge in [-0.25, -0.2) is 0 Å². The van der Waals surface area contributed by atoms with Crippen LogP contribution >= 0.6 is 0 Å². The van der Waals surface area contributed by atoms with E-state index in [9.17, 15) is 4.79 Å². The van der Waals surface area contributed by atoms with Gasteiger partial charge in [0.25, 0.3) is 0 Å². The highest BCUT2D eigenvalue weighted by Gasteiger charge is 2.60. The van der Waals surface area contributed by atoms with Crippen LogP contribution in [-0.4, -0.2) is 5.78 Å². The minimum Gasteiger partial charge on any atom is -0.299 e. The number of hydrogen-bond donors (Lipinski definition) is 0. The van der Waals surface area contributed by atoms with E-state index >= 15 is 0 Å². The number of rotatable bonds is 5. The molecule has 0 amide bonds. The summed E-state index contributed by atoms with van der Waals surface area (Å²) in [6.07, 6.45) is 16.9. The largest absolute Gasteiger partial charge is 0.299 e. The van der Waals surface area contributed by atoms with E-state index < -0.39 is 0 Å². The SMILES string of the molecule is CC(C)CCC[C@@H](C)[C@H]1CC(=O)[C@@H]2C3=CCC4CCCC[C@]4(C)[C@H]3CC[C@@]21C. The molecule has 28 heavy (non-hydrogen) atoms. The number of allylic oxidation sites excluding steroid dienone is 2. The van der Waals surface area contributed by atoms with Crippen molar-refractivity contribution in [3.05, 3.63) is 11.6 Å². The molecule has 0 saturated heterocycles. The second-order valence-electron chi connectivity index (χ2n) is 12.0. The molecule has 1 nitrogen and oxygen atoms in total. The monoisotopic (exact) mass is 384 g/mol. The van der Waals surface area contributed by atoms with Crippen LogP contribution in [0.1, 0.15) is 105 Å². The average Bonchev–Trinajstić information content (AvgIpc) is 2.92. The first-order valence-electron chi connectivity index (χ1n) is 12.5. The second-order valence-corrected chi connectivity index (χ2v) is 12.0. The van der Waals surface area contributed by atoms with Gasteiger partial charge in [-0.15, -0.1) is 0 Å². The maximum atomic E-state index is 13.4. The van der Waals surface area contributed by atoms with Crippen molar-refractivity contribution >= 4 is 5.78 Å². The van der Waals surface area contributed by atoms with Crippen LogP contribution in [0.15, 0.2) is 11.6 Å². The Morgan fingerprint density at radius 2 is 1.82 bits per heavy atom. The minimum atomic E-state index is 0.231. The topological polar surface area (TPSA) is 17.1 Å². The van der Waals surface area contributed by atoms with Gasteiger partial charge in [0.15, 0.2) is 0 Å². The lowest BCUT2D eigenvalue weighted by Gasteiger charge is -2.56. The van der Waals surface area contributed by atoms with Gasteiger partial charge >= 0.3 is 0 Å².